The van der Waals surface area contributed by atoms with Gasteiger partial charge in [-0.25, -0.2) is 4.79 Å². The van der Waals surface area contributed by atoms with E-state index in [-0.39, 0.29) is 31.2 Å². The van der Waals surface area contributed by atoms with Crippen LogP contribution in [0.4, 0.5) is 0 Å². The monoisotopic (exact) mass is 406 g/mol. The minimum absolute atomic E-state index is 0.0132. The summed E-state index contributed by atoms with van der Waals surface area (Å²) in [5.74, 6) is -0.276. The van der Waals surface area contributed by atoms with Crippen molar-refractivity contribution in [3.63, 3.8) is 0 Å². The molecule has 0 aromatic heterocycles. The lowest BCUT2D eigenvalue weighted by molar-refractivity contribution is -0.140. The van der Waals surface area contributed by atoms with Crippen molar-refractivity contribution in [2.24, 2.45) is 16.5 Å². The van der Waals surface area contributed by atoms with E-state index < -0.39 is 7.26 Å². The van der Waals surface area contributed by atoms with Gasteiger partial charge in [0.25, 0.3) is 0 Å². The first kappa shape index (κ1) is 20.6. The Kier molecular flexibility index (Phi) is 6.99. The lowest BCUT2D eigenvalue weighted by atomic mass is 10.4. The van der Waals surface area contributed by atoms with Crippen LogP contribution in [0, 0.1) is 0 Å². The first-order valence-electron chi connectivity index (χ1n) is 9.39. The normalized spacial score (nSPS) is 10.9. The second-order valence-electron chi connectivity index (χ2n) is 6.50. The lowest BCUT2D eigenvalue weighted by Gasteiger charge is -2.26. The zero-order chi connectivity index (χ0) is 20.5. The average molecular weight is 406 g/mol. The Hall–Kier alpha value is -3.17. The van der Waals surface area contributed by atoms with E-state index in [4.69, 9.17) is 16.2 Å². The highest BCUT2D eigenvalue weighted by Gasteiger charge is 2.47. The third-order valence-electron chi connectivity index (χ3n) is 4.61. The van der Waals surface area contributed by atoms with E-state index in [0.29, 0.717) is 0 Å². The third kappa shape index (κ3) is 5.01. The van der Waals surface area contributed by atoms with Crippen molar-refractivity contribution in [2.45, 2.75) is 0 Å². The fraction of sp³-hybridized carbons (Fsp3) is 0.130. The Labute approximate surface area is 171 Å². The summed E-state index contributed by atoms with van der Waals surface area (Å²) in [4.78, 5) is 16.8. The van der Waals surface area contributed by atoms with Crippen LogP contribution in [-0.4, -0.2) is 31.2 Å². The molecule has 0 bridgehead atoms. The molecule has 0 amide bonds. The molecule has 0 aliphatic rings. The largest absolute Gasteiger partial charge is 0.461 e. The van der Waals surface area contributed by atoms with Gasteiger partial charge in [-0.05, 0) is 36.4 Å². The molecule has 0 aliphatic carbocycles. The van der Waals surface area contributed by atoms with E-state index in [1.54, 1.807) is 0 Å². The molecule has 148 valence electrons. The van der Waals surface area contributed by atoms with Gasteiger partial charge in [-0.15, -0.1) is 0 Å². The van der Waals surface area contributed by atoms with E-state index in [2.05, 4.69) is 41.4 Å². The second-order valence-corrected chi connectivity index (χ2v) is 9.99. The molecular formula is C23H25N3O2P+. The van der Waals surface area contributed by atoms with Crippen molar-refractivity contribution < 1.29 is 9.53 Å². The molecule has 5 nitrogen and oxygen atoms in total. The van der Waals surface area contributed by atoms with E-state index in [1.807, 2.05) is 54.6 Å². The maximum atomic E-state index is 12.9. The van der Waals surface area contributed by atoms with Crippen LogP contribution in [0.3, 0.4) is 0 Å². The molecule has 3 aromatic rings. The van der Waals surface area contributed by atoms with Crippen LogP contribution in [0.5, 0.6) is 0 Å². The van der Waals surface area contributed by atoms with E-state index in [9.17, 15) is 4.79 Å². The number of carbonyl (C=O) groups is 1. The Balaban J connectivity index is 2.03. The van der Waals surface area contributed by atoms with Gasteiger partial charge in [-0.2, -0.15) is 0 Å². The van der Waals surface area contributed by atoms with Crippen molar-refractivity contribution in [1.82, 2.24) is 0 Å². The number of guanidine groups is 1. The number of hydrogen-bond donors (Lipinski definition) is 2. The topological polar surface area (TPSA) is 90.7 Å². The molecule has 3 rings (SSSR count). The lowest BCUT2D eigenvalue weighted by Crippen LogP contribution is -2.36. The number of esters is 1. The molecule has 6 heteroatoms. The van der Waals surface area contributed by atoms with Crippen LogP contribution in [0.25, 0.3) is 0 Å². The van der Waals surface area contributed by atoms with Gasteiger partial charge in [-0.3, -0.25) is 4.99 Å². The van der Waals surface area contributed by atoms with Gasteiger partial charge in [0, 0.05) is 0 Å². The predicted octanol–water partition coefficient (Wildman–Crippen LogP) is 1.80. The van der Waals surface area contributed by atoms with E-state index in [1.165, 1.54) is 0 Å². The summed E-state index contributed by atoms with van der Waals surface area (Å²) >= 11 is 0. The van der Waals surface area contributed by atoms with Crippen LogP contribution < -0.4 is 27.4 Å². The van der Waals surface area contributed by atoms with E-state index >= 15 is 0 Å². The number of carbonyl (C=O) groups excluding carboxylic acids is 1. The Morgan fingerprint density at radius 2 is 1.17 bits per heavy atom. The van der Waals surface area contributed by atoms with Crippen molar-refractivity contribution in [3.05, 3.63) is 91.0 Å². The van der Waals surface area contributed by atoms with Gasteiger partial charge in [0.1, 0.15) is 29.8 Å². The maximum absolute atomic E-state index is 12.9. The summed E-state index contributed by atoms with van der Waals surface area (Å²) < 4.78 is 5.48. The number of benzene rings is 3. The van der Waals surface area contributed by atoms with Crippen molar-refractivity contribution >= 4 is 35.1 Å². The maximum Gasteiger partial charge on any atom is 0.345 e. The Bertz CT molecular complexity index is 847. The molecule has 0 fully saturated rings. The summed E-state index contributed by atoms with van der Waals surface area (Å²) in [5, 5.41) is 3.41. The molecule has 0 atom stereocenters. The third-order valence-corrected chi connectivity index (χ3v) is 8.88. The molecular weight excluding hydrogens is 381 g/mol. The average Bonchev–Trinajstić information content (AvgIpc) is 2.77. The summed E-state index contributed by atoms with van der Waals surface area (Å²) in [5.41, 5.74) is 10.7. The molecule has 0 spiro atoms. The van der Waals surface area contributed by atoms with Crippen molar-refractivity contribution in [1.29, 1.82) is 0 Å². The molecule has 4 N–H and O–H groups in total. The summed E-state index contributed by atoms with van der Waals surface area (Å²) in [6, 6.07) is 30.6. The first-order valence-corrected chi connectivity index (χ1v) is 11.4. The van der Waals surface area contributed by atoms with Crippen LogP contribution in [0.1, 0.15) is 0 Å². The highest BCUT2D eigenvalue weighted by atomic mass is 31.2. The predicted molar refractivity (Wildman–Crippen MR) is 122 cm³/mol. The Morgan fingerprint density at radius 3 is 1.55 bits per heavy atom. The molecule has 0 radical (unpaired) electrons. The van der Waals surface area contributed by atoms with Crippen LogP contribution in [-0.2, 0) is 9.53 Å². The Morgan fingerprint density at radius 1 is 0.759 bits per heavy atom. The smallest absolute Gasteiger partial charge is 0.345 e. The summed E-state index contributed by atoms with van der Waals surface area (Å²) in [6.45, 7) is 0.399. The number of nitrogens with two attached hydrogens (primary N) is 2. The molecule has 0 unspecified atom stereocenters. The molecule has 0 saturated heterocycles. The van der Waals surface area contributed by atoms with Gasteiger partial charge >= 0.3 is 5.97 Å². The van der Waals surface area contributed by atoms with Gasteiger partial charge in [-0.1, -0.05) is 54.6 Å². The van der Waals surface area contributed by atoms with Gasteiger partial charge in [0.2, 0.25) is 0 Å². The fourth-order valence-corrected chi connectivity index (χ4v) is 7.31. The zero-order valence-corrected chi connectivity index (χ0v) is 17.0. The molecule has 3 aromatic carbocycles. The van der Waals surface area contributed by atoms with E-state index in [0.717, 1.165) is 15.9 Å². The zero-order valence-electron chi connectivity index (χ0n) is 16.1. The first-order chi connectivity index (χ1) is 14.1. The quantitative estimate of drug-likeness (QED) is 0.196. The molecule has 0 saturated carbocycles. The second kappa shape index (κ2) is 9.85. The highest BCUT2D eigenvalue weighted by molar-refractivity contribution is 7.96. The van der Waals surface area contributed by atoms with Crippen LogP contribution >= 0.6 is 7.26 Å². The highest BCUT2D eigenvalue weighted by Crippen LogP contribution is 2.55. The standard InChI is InChI=1S/C23H25N3O2P/c24-23(25)26-16-17-28-22(27)18-29(19-10-4-1-5-11-19,20-12-6-2-7-13-20)21-14-8-3-9-15-21/h1-15H,16-18H2,(H4,24,25,26)/q+1. The fourth-order valence-electron chi connectivity index (χ4n) is 3.34. The number of ether oxygens (including phenoxy) is 1. The van der Waals surface area contributed by atoms with Gasteiger partial charge in [0.05, 0.1) is 6.54 Å². The SMILES string of the molecule is NC(N)=NCCOC(=O)C[P+](c1ccccc1)(c1ccccc1)c1ccccc1. The number of rotatable bonds is 8. The minimum Gasteiger partial charge on any atom is -0.461 e. The van der Waals surface area contributed by atoms with Gasteiger partial charge in [0.15, 0.2) is 12.1 Å². The van der Waals surface area contributed by atoms with Crippen LogP contribution in [0.15, 0.2) is 96.0 Å². The summed E-state index contributed by atoms with van der Waals surface area (Å²) in [6.07, 6.45) is 0.271. The molecule has 29 heavy (non-hydrogen) atoms. The summed E-state index contributed by atoms with van der Waals surface area (Å²) in [7, 11) is -2.24. The minimum atomic E-state index is -2.24. The number of nitrogens with zero attached hydrogens (tertiary/aromatic N) is 1. The van der Waals surface area contributed by atoms with Crippen LogP contribution in [0.2, 0.25) is 0 Å². The van der Waals surface area contributed by atoms with Crippen molar-refractivity contribution in [3.8, 4) is 0 Å². The van der Waals surface area contributed by atoms with Crippen molar-refractivity contribution in [2.75, 3.05) is 19.3 Å². The molecule has 0 aliphatic heterocycles. The van der Waals surface area contributed by atoms with Gasteiger partial charge < -0.3 is 16.2 Å². The molecule has 0 heterocycles. The number of hydrogen-bond acceptors (Lipinski definition) is 3. The number of aliphatic imine (C=N–C) groups is 1.